The predicted molar refractivity (Wildman–Crippen MR) is 140 cm³/mol. The standard InChI is InChI=1S/C27H24O11S/c1-14-6-12-18(13-7-14)39(31,32)38-25-21(30)19-20(29)24(36-15(2)28)27(35-5)26(34-4)23(19)37-22(25)16-8-10-17(33-3)11-9-16/h6-13,29H,1-5H3. The monoisotopic (exact) mass is 556 g/mol. The molecule has 0 fully saturated rings. The number of fused-ring (bicyclic) bond motifs is 1. The van der Waals surface area contributed by atoms with Gasteiger partial charge in [0.1, 0.15) is 16.0 Å². The van der Waals surface area contributed by atoms with Crippen molar-refractivity contribution in [2.24, 2.45) is 0 Å². The van der Waals surface area contributed by atoms with Crippen LogP contribution >= 0.6 is 0 Å². The molecule has 0 saturated heterocycles. The molecule has 0 radical (unpaired) electrons. The summed E-state index contributed by atoms with van der Waals surface area (Å²) >= 11 is 0. The molecule has 39 heavy (non-hydrogen) atoms. The Morgan fingerprint density at radius 3 is 2.00 bits per heavy atom. The number of carbonyl (C=O) groups is 1. The first-order valence-electron chi connectivity index (χ1n) is 11.3. The number of ether oxygens (including phenoxy) is 4. The highest BCUT2D eigenvalue weighted by Gasteiger charge is 2.32. The molecule has 4 aromatic rings. The zero-order valence-electron chi connectivity index (χ0n) is 21.6. The van der Waals surface area contributed by atoms with Gasteiger partial charge >= 0.3 is 16.1 Å². The van der Waals surface area contributed by atoms with Gasteiger partial charge in [0.25, 0.3) is 0 Å². The molecule has 204 valence electrons. The maximum absolute atomic E-state index is 13.9. The van der Waals surface area contributed by atoms with Crippen LogP contribution < -0.4 is 28.6 Å². The van der Waals surface area contributed by atoms with E-state index in [1.165, 1.54) is 45.6 Å². The van der Waals surface area contributed by atoms with E-state index >= 15 is 0 Å². The third kappa shape index (κ3) is 5.06. The largest absolute Gasteiger partial charge is 0.504 e. The number of hydrogen-bond donors (Lipinski definition) is 1. The van der Waals surface area contributed by atoms with Crippen LogP contribution in [0.2, 0.25) is 0 Å². The number of esters is 1. The van der Waals surface area contributed by atoms with E-state index in [-0.39, 0.29) is 33.3 Å². The van der Waals surface area contributed by atoms with Crippen LogP contribution in [0.4, 0.5) is 0 Å². The minimum atomic E-state index is -4.54. The quantitative estimate of drug-likeness (QED) is 0.189. The van der Waals surface area contributed by atoms with E-state index in [0.717, 1.165) is 12.5 Å². The summed E-state index contributed by atoms with van der Waals surface area (Å²) in [5.74, 6) is -3.17. The lowest BCUT2D eigenvalue weighted by Crippen LogP contribution is -2.17. The topological polar surface area (TPSA) is 148 Å². The van der Waals surface area contributed by atoms with Gasteiger partial charge in [-0.25, -0.2) is 0 Å². The number of carbonyl (C=O) groups excluding carboxylic acids is 1. The number of phenolic OH excluding ortho intramolecular Hbond substituents is 1. The lowest BCUT2D eigenvalue weighted by atomic mass is 10.1. The van der Waals surface area contributed by atoms with Crippen molar-refractivity contribution in [3.8, 4) is 45.8 Å². The Bertz CT molecular complexity index is 1720. The van der Waals surface area contributed by atoms with Gasteiger partial charge in [0.05, 0.1) is 21.3 Å². The van der Waals surface area contributed by atoms with Crippen molar-refractivity contribution in [3.63, 3.8) is 0 Å². The molecule has 0 unspecified atom stereocenters. The fraction of sp³-hybridized carbons (Fsp3) is 0.185. The first kappa shape index (κ1) is 27.3. The van der Waals surface area contributed by atoms with Gasteiger partial charge in [-0.05, 0) is 43.3 Å². The minimum Gasteiger partial charge on any atom is -0.504 e. The number of methoxy groups -OCH3 is 3. The lowest BCUT2D eigenvalue weighted by Gasteiger charge is -2.18. The molecule has 1 aromatic heterocycles. The predicted octanol–water partition coefficient (Wildman–Crippen LogP) is 4.19. The summed E-state index contributed by atoms with van der Waals surface area (Å²) in [7, 11) is -0.608. The Morgan fingerprint density at radius 1 is 0.846 bits per heavy atom. The van der Waals surface area contributed by atoms with Crippen LogP contribution in [-0.2, 0) is 14.9 Å². The third-order valence-electron chi connectivity index (χ3n) is 5.65. The number of phenols is 1. The van der Waals surface area contributed by atoms with Crippen LogP contribution in [0.5, 0.6) is 34.5 Å². The van der Waals surface area contributed by atoms with Crippen LogP contribution in [0.25, 0.3) is 22.3 Å². The first-order chi connectivity index (χ1) is 18.5. The van der Waals surface area contributed by atoms with Gasteiger partial charge < -0.3 is 32.7 Å². The van der Waals surface area contributed by atoms with Gasteiger partial charge in [-0.2, -0.15) is 8.42 Å². The Labute approximate surface area is 223 Å². The van der Waals surface area contributed by atoms with Crippen LogP contribution in [0, 0.1) is 6.92 Å². The van der Waals surface area contributed by atoms with Crippen LogP contribution in [0.1, 0.15) is 12.5 Å². The van der Waals surface area contributed by atoms with Crippen molar-refractivity contribution in [1.29, 1.82) is 0 Å². The third-order valence-corrected chi connectivity index (χ3v) is 6.89. The summed E-state index contributed by atoms with van der Waals surface area (Å²) in [4.78, 5) is 25.4. The summed E-state index contributed by atoms with van der Waals surface area (Å²) in [6.07, 6.45) is 0. The molecular weight excluding hydrogens is 532 g/mol. The maximum atomic E-state index is 13.9. The molecule has 1 N–H and O–H groups in total. The van der Waals surface area contributed by atoms with Crippen molar-refractivity contribution in [2.45, 2.75) is 18.7 Å². The highest BCUT2D eigenvalue weighted by molar-refractivity contribution is 7.87. The number of rotatable bonds is 8. The van der Waals surface area contributed by atoms with Crippen LogP contribution in [0.15, 0.2) is 62.6 Å². The maximum Gasteiger partial charge on any atom is 0.339 e. The summed E-state index contributed by atoms with van der Waals surface area (Å²) in [5, 5.41) is 10.5. The molecule has 0 saturated carbocycles. The molecule has 0 aliphatic rings. The summed E-state index contributed by atoms with van der Waals surface area (Å²) in [6, 6.07) is 12.0. The van der Waals surface area contributed by atoms with E-state index in [0.29, 0.717) is 5.75 Å². The zero-order valence-corrected chi connectivity index (χ0v) is 22.4. The van der Waals surface area contributed by atoms with Gasteiger partial charge in [-0.3, -0.25) is 9.59 Å². The zero-order chi connectivity index (χ0) is 28.5. The molecule has 0 spiro atoms. The summed E-state index contributed by atoms with van der Waals surface area (Å²) in [6.45, 7) is 2.86. The molecular formula is C27H24O11S. The van der Waals surface area contributed by atoms with Crippen LogP contribution in [0.3, 0.4) is 0 Å². The average molecular weight is 557 g/mol. The van der Waals surface area contributed by atoms with E-state index in [1.54, 1.807) is 31.2 Å². The molecule has 11 nitrogen and oxygen atoms in total. The van der Waals surface area contributed by atoms with Crippen molar-refractivity contribution in [1.82, 2.24) is 0 Å². The van der Waals surface area contributed by atoms with Gasteiger partial charge in [-0.15, -0.1) is 0 Å². The number of hydrogen-bond acceptors (Lipinski definition) is 11. The van der Waals surface area contributed by atoms with E-state index in [1.807, 2.05) is 0 Å². The molecule has 0 amide bonds. The second-order valence-corrected chi connectivity index (χ2v) is 9.76. The van der Waals surface area contributed by atoms with E-state index < -0.39 is 44.2 Å². The second-order valence-electron chi connectivity index (χ2n) is 8.21. The highest BCUT2D eigenvalue weighted by Crippen LogP contribution is 2.51. The fourth-order valence-electron chi connectivity index (χ4n) is 3.80. The van der Waals surface area contributed by atoms with Crippen molar-refractivity contribution >= 4 is 27.1 Å². The summed E-state index contributed by atoms with van der Waals surface area (Å²) in [5.41, 5.74) is -0.334. The molecule has 0 aliphatic heterocycles. The number of benzene rings is 3. The molecule has 0 atom stereocenters. The van der Waals surface area contributed by atoms with Crippen LogP contribution in [-0.4, -0.2) is 40.8 Å². The highest BCUT2D eigenvalue weighted by atomic mass is 32.2. The number of aryl methyl sites for hydroxylation is 1. The van der Waals surface area contributed by atoms with E-state index in [2.05, 4.69) is 0 Å². The van der Waals surface area contributed by atoms with Gasteiger partial charge in [0.15, 0.2) is 17.1 Å². The SMILES string of the molecule is COc1ccc(-c2oc3c(OC)c(OC)c(OC(C)=O)c(O)c3c(=O)c2OS(=O)(=O)c2ccc(C)cc2)cc1. The van der Waals surface area contributed by atoms with Gasteiger partial charge in [0, 0.05) is 12.5 Å². The summed E-state index contributed by atoms with van der Waals surface area (Å²) < 4.78 is 58.7. The molecule has 1 heterocycles. The minimum absolute atomic E-state index is 0.193. The van der Waals surface area contributed by atoms with Crippen molar-refractivity contribution in [2.75, 3.05) is 21.3 Å². The normalized spacial score (nSPS) is 11.2. The molecule has 0 aliphatic carbocycles. The average Bonchev–Trinajstić information content (AvgIpc) is 2.91. The van der Waals surface area contributed by atoms with E-state index in [4.69, 9.17) is 27.5 Å². The fourth-order valence-corrected chi connectivity index (χ4v) is 4.74. The van der Waals surface area contributed by atoms with Crippen molar-refractivity contribution < 1.29 is 45.9 Å². The lowest BCUT2D eigenvalue weighted by molar-refractivity contribution is -0.132. The Kier molecular flexibility index (Phi) is 7.41. The first-order valence-corrected chi connectivity index (χ1v) is 12.7. The number of aromatic hydroxyl groups is 1. The Hall–Kier alpha value is -4.71. The van der Waals surface area contributed by atoms with Gasteiger partial charge in [-0.1, -0.05) is 17.7 Å². The molecule has 3 aromatic carbocycles. The van der Waals surface area contributed by atoms with Crippen molar-refractivity contribution in [3.05, 3.63) is 64.3 Å². The Morgan fingerprint density at radius 2 is 1.46 bits per heavy atom. The van der Waals surface area contributed by atoms with E-state index in [9.17, 15) is 23.1 Å². The van der Waals surface area contributed by atoms with Gasteiger partial charge in [0.2, 0.25) is 28.4 Å². The molecule has 0 bridgehead atoms. The molecule has 12 heteroatoms. The Balaban J connectivity index is 2.10. The second kappa shape index (κ2) is 10.6. The molecule has 4 rings (SSSR count). The smallest absolute Gasteiger partial charge is 0.339 e.